The van der Waals surface area contributed by atoms with E-state index in [2.05, 4.69) is 16.9 Å². The number of hydrogen-bond donors (Lipinski definition) is 1. The van der Waals surface area contributed by atoms with E-state index in [1.165, 1.54) is 24.2 Å². The van der Waals surface area contributed by atoms with E-state index in [0.29, 0.717) is 18.8 Å². The number of pyridine rings is 1. The van der Waals surface area contributed by atoms with Crippen LogP contribution in [-0.4, -0.2) is 49.0 Å². The molecule has 5 nitrogen and oxygen atoms in total. The Morgan fingerprint density at radius 3 is 2.71 bits per heavy atom. The molecule has 21 heavy (non-hydrogen) atoms. The monoisotopic (exact) mass is 296 g/mol. The minimum Gasteiger partial charge on any atom is -0.367 e. The highest BCUT2D eigenvalue weighted by atomic mass is 19.3. The number of hydrogen-bond acceptors (Lipinski definition) is 4. The molecule has 7 heteroatoms. The van der Waals surface area contributed by atoms with Gasteiger partial charge in [0.15, 0.2) is 0 Å². The summed E-state index contributed by atoms with van der Waals surface area (Å²) in [5.41, 5.74) is 0.0381. The summed E-state index contributed by atoms with van der Waals surface area (Å²) < 4.78 is 26.5. The molecule has 2 heterocycles. The van der Waals surface area contributed by atoms with Crippen molar-refractivity contribution in [3.63, 3.8) is 0 Å². The number of piperazine rings is 1. The van der Waals surface area contributed by atoms with Crippen LogP contribution in [0.2, 0.25) is 0 Å². The van der Waals surface area contributed by atoms with E-state index in [-0.39, 0.29) is 11.4 Å². The van der Waals surface area contributed by atoms with E-state index in [4.69, 9.17) is 0 Å². The van der Waals surface area contributed by atoms with Gasteiger partial charge in [-0.2, -0.15) is 0 Å². The zero-order valence-electron chi connectivity index (χ0n) is 11.9. The molecule has 1 aromatic heterocycles. The fraction of sp³-hybridized carbons (Fsp3) is 0.429. The van der Waals surface area contributed by atoms with E-state index < -0.39 is 12.3 Å². The molecule has 1 aliphatic rings. The Balaban J connectivity index is 2.34. The van der Waals surface area contributed by atoms with Crippen molar-refractivity contribution in [2.24, 2.45) is 0 Å². The van der Waals surface area contributed by atoms with Crippen LogP contribution in [0.15, 0.2) is 24.9 Å². The molecule has 0 bridgehead atoms. The Morgan fingerprint density at radius 1 is 1.48 bits per heavy atom. The molecule has 114 valence electrons. The maximum absolute atomic E-state index is 13.3. The van der Waals surface area contributed by atoms with E-state index >= 15 is 0 Å². The number of amides is 1. The van der Waals surface area contributed by atoms with Gasteiger partial charge in [0.2, 0.25) is 0 Å². The van der Waals surface area contributed by atoms with Crippen LogP contribution in [-0.2, 0) is 0 Å². The Kier molecular flexibility index (Phi) is 4.85. The third kappa shape index (κ3) is 3.36. The minimum atomic E-state index is -2.73. The highest BCUT2D eigenvalue weighted by Gasteiger charge is 2.23. The molecule has 0 aromatic carbocycles. The van der Waals surface area contributed by atoms with E-state index in [1.807, 2.05) is 4.90 Å². The van der Waals surface area contributed by atoms with Crippen molar-refractivity contribution in [1.82, 2.24) is 15.2 Å². The number of rotatable bonds is 4. The Labute approximate surface area is 122 Å². The van der Waals surface area contributed by atoms with E-state index in [0.717, 1.165) is 13.1 Å². The number of halogens is 2. The highest BCUT2D eigenvalue weighted by Crippen LogP contribution is 2.29. The van der Waals surface area contributed by atoms with Crippen LogP contribution < -0.4 is 10.2 Å². The fourth-order valence-corrected chi connectivity index (χ4v) is 2.18. The molecule has 0 saturated carbocycles. The van der Waals surface area contributed by atoms with Gasteiger partial charge in [0.1, 0.15) is 11.4 Å². The van der Waals surface area contributed by atoms with Crippen LogP contribution in [0, 0.1) is 0 Å². The predicted molar refractivity (Wildman–Crippen MR) is 76.6 cm³/mol. The number of aromatic nitrogens is 1. The van der Waals surface area contributed by atoms with Crippen LogP contribution in [0.3, 0.4) is 0 Å². The van der Waals surface area contributed by atoms with Crippen LogP contribution in [0.4, 0.5) is 14.5 Å². The number of nitrogens with zero attached hydrogens (tertiary/aromatic N) is 3. The topological polar surface area (TPSA) is 48.5 Å². The molecule has 0 spiro atoms. The minimum absolute atomic E-state index is 0.00779. The van der Waals surface area contributed by atoms with E-state index in [9.17, 15) is 13.6 Å². The van der Waals surface area contributed by atoms with Crippen molar-refractivity contribution in [2.75, 3.05) is 38.1 Å². The summed E-state index contributed by atoms with van der Waals surface area (Å²) in [7, 11) is 1.50. The molecule has 0 unspecified atom stereocenters. The molecule has 1 saturated heterocycles. The molecular weight excluding hydrogens is 278 g/mol. The van der Waals surface area contributed by atoms with Gasteiger partial charge in [-0.05, 0) is 18.3 Å². The lowest BCUT2D eigenvalue weighted by molar-refractivity contribution is 0.0843. The number of carbonyl (C=O) groups is 1. The van der Waals surface area contributed by atoms with Crippen LogP contribution in [0.1, 0.15) is 22.6 Å². The summed E-state index contributed by atoms with van der Waals surface area (Å²) in [5, 5.41) is 3.16. The maximum atomic E-state index is 13.3. The second-order valence-electron chi connectivity index (χ2n) is 4.74. The largest absolute Gasteiger partial charge is 0.367 e. The summed E-state index contributed by atoms with van der Waals surface area (Å²) in [6.45, 7) is 6.23. The van der Waals surface area contributed by atoms with Gasteiger partial charge in [-0.15, -0.1) is 0 Å². The zero-order chi connectivity index (χ0) is 15.4. The SMILES string of the molecule is C=CN(C)C(=O)c1ccc(N2CCNCC2)c(C(F)F)n1. The van der Waals surface area contributed by atoms with Crippen LogP contribution >= 0.6 is 0 Å². The molecule has 1 N–H and O–H groups in total. The van der Waals surface area contributed by atoms with Gasteiger partial charge in [-0.1, -0.05) is 6.58 Å². The molecule has 2 rings (SSSR count). The fourth-order valence-electron chi connectivity index (χ4n) is 2.18. The van der Waals surface area contributed by atoms with Crippen LogP contribution in [0.5, 0.6) is 0 Å². The summed E-state index contributed by atoms with van der Waals surface area (Å²) in [6.07, 6.45) is -1.41. The first-order valence-electron chi connectivity index (χ1n) is 6.69. The smallest absolute Gasteiger partial charge is 0.282 e. The van der Waals surface area contributed by atoms with Crippen molar-refractivity contribution < 1.29 is 13.6 Å². The third-order valence-corrected chi connectivity index (χ3v) is 3.38. The summed E-state index contributed by atoms with van der Waals surface area (Å²) in [4.78, 5) is 18.9. The van der Waals surface area contributed by atoms with Gasteiger partial charge >= 0.3 is 0 Å². The van der Waals surface area contributed by atoms with Crippen molar-refractivity contribution in [3.8, 4) is 0 Å². The first kappa shape index (κ1) is 15.4. The summed E-state index contributed by atoms with van der Waals surface area (Å²) >= 11 is 0. The van der Waals surface area contributed by atoms with Gasteiger partial charge in [-0.25, -0.2) is 13.8 Å². The van der Waals surface area contributed by atoms with Crippen molar-refractivity contribution >= 4 is 11.6 Å². The lowest BCUT2D eigenvalue weighted by atomic mass is 10.2. The van der Waals surface area contributed by atoms with Crippen LogP contribution in [0.25, 0.3) is 0 Å². The second-order valence-corrected chi connectivity index (χ2v) is 4.74. The summed E-state index contributed by atoms with van der Waals surface area (Å²) in [6, 6.07) is 3.02. The highest BCUT2D eigenvalue weighted by molar-refractivity contribution is 5.93. The molecule has 1 fully saturated rings. The molecule has 1 aliphatic heterocycles. The van der Waals surface area contributed by atoms with E-state index in [1.54, 1.807) is 6.07 Å². The maximum Gasteiger partial charge on any atom is 0.282 e. The molecular formula is C14H18F2N4O. The normalized spacial score (nSPS) is 15.1. The average molecular weight is 296 g/mol. The quantitative estimate of drug-likeness (QED) is 0.918. The summed E-state index contributed by atoms with van der Waals surface area (Å²) in [5.74, 6) is -0.459. The third-order valence-electron chi connectivity index (χ3n) is 3.38. The first-order chi connectivity index (χ1) is 10.0. The number of nitrogens with one attached hydrogen (secondary N) is 1. The van der Waals surface area contributed by atoms with Gasteiger partial charge < -0.3 is 15.1 Å². The van der Waals surface area contributed by atoms with Crippen molar-refractivity contribution in [1.29, 1.82) is 0 Å². The van der Waals surface area contributed by atoms with Gasteiger partial charge in [0, 0.05) is 33.2 Å². The number of carbonyl (C=O) groups excluding carboxylic acids is 1. The Hall–Kier alpha value is -2.02. The predicted octanol–water partition coefficient (Wildman–Crippen LogP) is 1.64. The van der Waals surface area contributed by atoms with Crippen molar-refractivity contribution in [3.05, 3.63) is 36.3 Å². The van der Waals surface area contributed by atoms with Gasteiger partial charge in [-0.3, -0.25) is 4.79 Å². The molecule has 0 radical (unpaired) electrons. The lowest BCUT2D eigenvalue weighted by Crippen LogP contribution is -2.44. The number of anilines is 1. The van der Waals surface area contributed by atoms with Gasteiger partial charge in [0.05, 0.1) is 5.69 Å². The Bertz CT molecular complexity index is 530. The lowest BCUT2D eigenvalue weighted by Gasteiger charge is -2.30. The average Bonchev–Trinajstić information content (AvgIpc) is 2.53. The number of alkyl halides is 2. The van der Waals surface area contributed by atoms with Gasteiger partial charge in [0.25, 0.3) is 12.3 Å². The molecule has 1 aromatic rings. The Morgan fingerprint density at radius 2 is 2.14 bits per heavy atom. The second kappa shape index (κ2) is 6.62. The van der Waals surface area contributed by atoms with Crippen molar-refractivity contribution in [2.45, 2.75) is 6.43 Å². The molecule has 0 atom stereocenters. The molecule has 0 aliphatic carbocycles. The molecule has 1 amide bonds. The standard InChI is InChI=1S/C14H18F2N4O/c1-3-19(2)14(21)10-4-5-11(12(18-10)13(15)16)20-8-6-17-7-9-20/h3-5,13,17H,1,6-9H2,2H3. The first-order valence-corrected chi connectivity index (χ1v) is 6.69. The zero-order valence-corrected chi connectivity index (χ0v) is 11.9.